The number of hydrogen-bond donors (Lipinski definition) is 1. The van der Waals surface area contributed by atoms with Crippen LogP contribution in [0.3, 0.4) is 0 Å². The monoisotopic (exact) mass is 394 g/mol. The molecule has 148 valence electrons. The first-order valence-corrected chi connectivity index (χ1v) is 11.2. The molecule has 1 saturated heterocycles. The Morgan fingerprint density at radius 1 is 1.29 bits per heavy atom. The number of thiophene rings is 1. The molecule has 0 aliphatic carbocycles. The van der Waals surface area contributed by atoms with Crippen molar-refractivity contribution >= 4 is 17.2 Å². The van der Waals surface area contributed by atoms with Crippen molar-refractivity contribution in [3.63, 3.8) is 0 Å². The SMILES string of the molecule is C#CCN1CCC(C(=O)NC(c2ccc(CCCC)cc2)c2cccs2)CC1. The van der Waals surface area contributed by atoms with Gasteiger partial charge in [0, 0.05) is 10.8 Å². The number of terminal acetylenes is 1. The second kappa shape index (κ2) is 10.5. The maximum absolute atomic E-state index is 13.0. The number of aryl methyl sites for hydroxylation is 1. The Morgan fingerprint density at radius 3 is 2.64 bits per heavy atom. The molecule has 1 atom stereocenters. The summed E-state index contributed by atoms with van der Waals surface area (Å²) in [5.74, 6) is 2.93. The lowest BCUT2D eigenvalue weighted by atomic mass is 9.94. The number of rotatable bonds is 8. The van der Waals surface area contributed by atoms with Crippen molar-refractivity contribution in [1.29, 1.82) is 0 Å². The molecule has 2 aromatic rings. The van der Waals surface area contributed by atoms with Gasteiger partial charge in [0.1, 0.15) is 0 Å². The summed E-state index contributed by atoms with van der Waals surface area (Å²) in [6.07, 6.45) is 10.7. The van der Waals surface area contributed by atoms with Crippen molar-refractivity contribution in [1.82, 2.24) is 10.2 Å². The number of piperidine rings is 1. The number of amides is 1. The summed E-state index contributed by atoms with van der Waals surface area (Å²) in [7, 11) is 0. The Morgan fingerprint density at radius 2 is 2.04 bits per heavy atom. The van der Waals surface area contributed by atoms with Gasteiger partial charge in [-0.2, -0.15) is 0 Å². The average Bonchev–Trinajstić information content (AvgIpc) is 3.26. The Kier molecular flexibility index (Phi) is 7.71. The second-order valence-corrected chi connectivity index (χ2v) is 8.54. The Bertz CT molecular complexity index is 768. The number of unbranched alkanes of at least 4 members (excludes halogenated alkanes) is 1. The zero-order valence-electron chi connectivity index (χ0n) is 16.7. The van der Waals surface area contributed by atoms with E-state index in [1.165, 1.54) is 23.3 Å². The van der Waals surface area contributed by atoms with E-state index in [9.17, 15) is 4.79 Å². The van der Waals surface area contributed by atoms with Gasteiger partial charge >= 0.3 is 0 Å². The quantitative estimate of drug-likeness (QED) is 0.662. The number of carbonyl (C=O) groups excluding carboxylic acids is 1. The molecule has 28 heavy (non-hydrogen) atoms. The van der Waals surface area contributed by atoms with Crippen molar-refractivity contribution in [2.24, 2.45) is 5.92 Å². The van der Waals surface area contributed by atoms with Crippen LogP contribution >= 0.6 is 11.3 Å². The minimum atomic E-state index is -0.0727. The van der Waals surface area contributed by atoms with Crippen LogP contribution in [0.25, 0.3) is 0 Å². The van der Waals surface area contributed by atoms with Crippen LogP contribution in [0.15, 0.2) is 41.8 Å². The van der Waals surface area contributed by atoms with E-state index in [0.717, 1.165) is 37.9 Å². The van der Waals surface area contributed by atoms with Gasteiger partial charge in [0.25, 0.3) is 0 Å². The van der Waals surface area contributed by atoms with Gasteiger partial charge in [0.15, 0.2) is 0 Å². The van der Waals surface area contributed by atoms with E-state index in [4.69, 9.17) is 6.42 Å². The largest absolute Gasteiger partial charge is 0.344 e. The third-order valence-electron chi connectivity index (χ3n) is 5.52. The predicted octanol–water partition coefficient (Wildman–Crippen LogP) is 4.64. The molecule has 1 unspecified atom stereocenters. The minimum absolute atomic E-state index is 0.0697. The van der Waals surface area contributed by atoms with Crippen LogP contribution in [0.1, 0.15) is 54.7 Å². The lowest BCUT2D eigenvalue weighted by Crippen LogP contribution is -2.41. The zero-order valence-corrected chi connectivity index (χ0v) is 17.5. The van der Waals surface area contributed by atoms with Crippen molar-refractivity contribution < 1.29 is 4.79 Å². The van der Waals surface area contributed by atoms with Crippen molar-refractivity contribution in [2.45, 2.75) is 45.1 Å². The van der Waals surface area contributed by atoms with Gasteiger partial charge in [-0.25, -0.2) is 0 Å². The molecule has 3 nitrogen and oxygen atoms in total. The summed E-state index contributed by atoms with van der Waals surface area (Å²) in [5.41, 5.74) is 2.52. The van der Waals surface area contributed by atoms with E-state index in [1.807, 2.05) is 6.07 Å². The van der Waals surface area contributed by atoms with Crippen LogP contribution in [0, 0.1) is 18.3 Å². The van der Waals surface area contributed by atoms with E-state index in [1.54, 1.807) is 11.3 Å². The molecule has 1 aliphatic heterocycles. The number of hydrogen-bond acceptors (Lipinski definition) is 3. The third kappa shape index (κ3) is 5.47. The van der Waals surface area contributed by atoms with Gasteiger partial charge in [0.2, 0.25) is 5.91 Å². The van der Waals surface area contributed by atoms with Gasteiger partial charge in [-0.15, -0.1) is 17.8 Å². The molecule has 1 aromatic heterocycles. The topological polar surface area (TPSA) is 32.3 Å². The Labute approximate surface area is 173 Å². The molecule has 0 spiro atoms. The summed E-state index contributed by atoms with van der Waals surface area (Å²) in [6, 6.07) is 12.8. The summed E-state index contributed by atoms with van der Waals surface area (Å²) < 4.78 is 0. The van der Waals surface area contributed by atoms with Gasteiger partial charge in [0.05, 0.1) is 12.6 Å². The molecule has 1 N–H and O–H groups in total. The Hall–Kier alpha value is -2.09. The van der Waals surface area contributed by atoms with Crippen molar-refractivity contribution in [3.05, 3.63) is 57.8 Å². The van der Waals surface area contributed by atoms with Crippen molar-refractivity contribution in [3.8, 4) is 12.3 Å². The highest BCUT2D eigenvalue weighted by Crippen LogP contribution is 2.28. The maximum atomic E-state index is 13.0. The molecule has 1 amide bonds. The summed E-state index contributed by atoms with van der Waals surface area (Å²) in [4.78, 5) is 16.4. The zero-order chi connectivity index (χ0) is 19.8. The highest BCUT2D eigenvalue weighted by Gasteiger charge is 2.27. The minimum Gasteiger partial charge on any atom is -0.344 e. The van der Waals surface area contributed by atoms with Crippen LogP contribution in [0.2, 0.25) is 0 Å². The molecule has 1 aliphatic rings. The molecular weight excluding hydrogens is 364 g/mol. The van der Waals surface area contributed by atoms with Crippen LogP contribution in [-0.4, -0.2) is 30.4 Å². The van der Waals surface area contributed by atoms with Crippen LogP contribution in [0.5, 0.6) is 0 Å². The molecule has 0 saturated carbocycles. The Balaban J connectivity index is 1.68. The smallest absolute Gasteiger partial charge is 0.223 e. The molecule has 4 heteroatoms. The number of likely N-dealkylation sites (tertiary alicyclic amines) is 1. The number of nitrogens with zero attached hydrogens (tertiary/aromatic N) is 1. The van der Waals surface area contributed by atoms with Crippen LogP contribution in [-0.2, 0) is 11.2 Å². The fraction of sp³-hybridized carbons (Fsp3) is 0.458. The van der Waals surface area contributed by atoms with Gasteiger partial charge < -0.3 is 5.32 Å². The van der Waals surface area contributed by atoms with E-state index in [0.29, 0.717) is 6.54 Å². The molecule has 2 heterocycles. The summed E-state index contributed by atoms with van der Waals surface area (Å²) in [6.45, 7) is 4.69. The van der Waals surface area contributed by atoms with E-state index >= 15 is 0 Å². The molecule has 1 fully saturated rings. The molecule has 1 aromatic carbocycles. The fourth-order valence-electron chi connectivity index (χ4n) is 3.77. The average molecular weight is 395 g/mol. The molecule has 3 rings (SSSR count). The maximum Gasteiger partial charge on any atom is 0.223 e. The highest BCUT2D eigenvalue weighted by atomic mass is 32.1. The molecule has 0 bridgehead atoms. The normalized spacial score (nSPS) is 16.4. The summed E-state index contributed by atoms with van der Waals surface area (Å²) in [5, 5.41) is 5.40. The first-order chi connectivity index (χ1) is 13.7. The van der Waals surface area contributed by atoms with E-state index in [-0.39, 0.29) is 17.9 Å². The number of carbonyl (C=O) groups is 1. The van der Waals surface area contributed by atoms with Crippen LogP contribution < -0.4 is 5.32 Å². The third-order valence-corrected chi connectivity index (χ3v) is 6.46. The van der Waals surface area contributed by atoms with Crippen LogP contribution in [0.4, 0.5) is 0 Å². The second-order valence-electron chi connectivity index (χ2n) is 7.56. The lowest BCUT2D eigenvalue weighted by Gasteiger charge is -2.31. The standard InChI is InChI=1S/C24H30N2OS/c1-3-5-7-19-9-11-20(12-10-19)23(22-8-6-18-28-22)25-24(27)21-13-16-26(15-4-2)17-14-21/h2,6,8-12,18,21,23H,3,5,7,13-17H2,1H3,(H,25,27). The molecular formula is C24H30N2OS. The predicted molar refractivity (Wildman–Crippen MR) is 117 cm³/mol. The lowest BCUT2D eigenvalue weighted by molar-refractivity contribution is -0.126. The number of benzene rings is 1. The van der Waals surface area contributed by atoms with Gasteiger partial charge in [-0.05, 0) is 61.3 Å². The summed E-state index contributed by atoms with van der Waals surface area (Å²) >= 11 is 1.69. The highest BCUT2D eigenvalue weighted by molar-refractivity contribution is 7.10. The van der Waals surface area contributed by atoms with Crippen molar-refractivity contribution in [2.75, 3.05) is 19.6 Å². The van der Waals surface area contributed by atoms with Gasteiger partial charge in [-0.3, -0.25) is 9.69 Å². The van der Waals surface area contributed by atoms with Gasteiger partial charge in [-0.1, -0.05) is 49.6 Å². The molecule has 0 radical (unpaired) electrons. The van der Waals surface area contributed by atoms with E-state index < -0.39 is 0 Å². The first-order valence-electron chi connectivity index (χ1n) is 10.3. The fourth-order valence-corrected chi connectivity index (χ4v) is 4.58. The van der Waals surface area contributed by atoms with E-state index in [2.05, 4.69) is 58.8 Å². The number of nitrogens with one attached hydrogen (secondary N) is 1. The first kappa shape index (κ1) is 20.6.